The molecule has 8 heteroatoms. The highest BCUT2D eigenvalue weighted by molar-refractivity contribution is 6.06. The molecule has 0 bridgehead atoms. The summed E-state index contributed by atoms with van der Waals surface area (Å²) in [5.74, 6) is 0.477. The van der Waals surface area contributed by atoms with Gasteiger partial charge in [0.15, 0.2) is 0 Å². The van der Waals surface area contributed by atoms with Crippen molar-refractivity contribution >= 4 is 17.0 Å². The maximum Gasteiger partial charge on any atom is 0.265 e. The molecular weight excluding hydrogens is 322 g/mol. The van der Waals surface area contributed by atoms with Gasteiger partial charge < -0.3 is 13.9 Å². The predicted octanol–water partition coefficient (Wildman–Crippen LogP) is 1.58. The highest BCUT2D eigenvalue weighted by Gasteiger charge is 2.30. The zero-order valence-corrected chi connectivity index (χ0v) is 14.2. The molecule has 1 aliphatic rings. The van der Waals surface area contributed by atoms with Crippen molar-refractivity contribution in [1.29, 1.82) is 0 Å². The van der Waals surface area contributed by atoms with Gasteiger partial charge >= 0.3 is 0 Å². The van der Waals surface area contributed by atoms with E-state index in [0.29, 0.717) is 24.4 Å². The number of carbonyl (C=O) groups excluding carboxylic acids is 1. The number of H-pyrrole nitrogens is 1. The molecule has 0 aliphatic carbocycles. The molecule has 1 aliphatic heterocycles. The van der Waals surface area contributed by atoms with Crippen molar-refractivity contribution in [3.8, 4) is 0 Å². The Morgan fingerprint density at radius 2 is 2.28 bits per heavy atom. The summed E-state index contributed by atoms with van der Waals surface area (Å²) in [6.45, 7) is 2.95. The van der Waals surface area contributed by atoms with Crippen LogP contribution >= 0.6 is 0 Å². The molecule has 3 aromatic heterocycles. The Hall–Kier alpha value is -2.90. The van der Waals surface area contributed by atoms with Crippen LogP contribution in [0.2, 0.25) is 0 Å². The van der Waals surface area contributed by atoms with E-state index in [1.54, 1.807) is 25.1 Å². The molecule has 0 spiro atoms. The first-order chi connectivity index (χ1) is 12.1. The SMILES string of the molecule is Cc1oc2ncn(C)c(=O)c2c1C(=O)N1CCC[C@H](c2ccn[nH]2)C1. The van der Waals surface area contributed by atoms with E-state index in [0.717, 1.165) is 18.5 Å². The molecule has 1 atom stereocenters. The molecule has 3 aromatic rings. The minimum absolute atomic E-state index is 0.175. The van der Waals surface area contributed by atoms with Crippen LogP contribution in [-0.2, 0) is 7.05 Å². The van der Waals surface area contributed by atoms with Crippen LogP contribution in [0, 0.1) is 6.92 Å². The van der Waals surface area contributed by atoms with Crippen LogP contribution in [-0.4, -0.2) is 43.6 Å². The number of nitrogens with zero attached hydrogens (tertiary/aromatic N) is 4. The Balaban J connectivity index is 1.71. The van der Waals surface area contributed by atoms with Crippen molar-refractivity contribution < 1.29 is 9.21 Å². The highest BCUT2D eigenvalue weighted by atomic mass is 16.3. The lowest BCUT2D eigenvalue weighted by Gasteiger charge is -2.32. The number of amides is 1. The second-order valence-corrected chi connectivity index (χ2v) is 6.48. The van der Waals surface area contributed by atoms with Gasteiger partial charge in [0.2, 0.25) is 5.71 Å². The topological polar surface area (TPSA) is 97.0 Å². The van der Waals surface area contributed by atoms with E-state index < -0.39 is 0 Å². The number of aromatic nitrogens is 4. The average Bonchev–Trinajstić information content (AvgIpc) is 3.25. The lowest BCUT2D eigenvalue weighted by molar-refractivity contribution is 0.0705. The lowest BCUT2D eigenvalue weighted by atomic mass is 9.94. The van der Waals surface area contributed by atoms with Crippen LogP contribution in [0.1, 0.15) is 40.6 Å². The van der Waals surface area contributed by atoms with Gasteiger partial charge in [-0.05, 0) is 25.8 Å². The van der Waals surface area contributed by atoms with Gasteiger partial charge in [-0.3, -0.25) is 14.7 Å². The van der Waals surface area contributed by atoms with Crippen molar-refractivity contribution in [2.75, 3.05) is 13.1 Å². The molecule has 1 saturated heterocycles. The average molecular weight is 341 g/mol. The fraction of sp³-hybridized carbons (Fsp3) is 0.412. The van der Waals surface area contributed by atoms with Crippen molar-refractivity contribution in [2.24, 2.45) is 7.05 Å². The fourth-order valence-electron chi connectivity index (χ4n) is 3.51. The van der Waals surface area contributed by atoms with Crippen molar-refractivity contribution in [3.63, 3.8) is 0 Å². The van der Waals surface area contributed by atoms with Gasteiger partial charge in [-0.2, -0.15) is 5.10 Å². The fourth-order valence-corrected chi connectivity index (χ4v) is 3.51. The third-order valence-electron chi connectivity index (χ3n) is 4.83. The summed E-state index contributed by atoms with van der Waals surface area (Å²) in [4.78, 5) is 31.5. The van der Waals surface area contributed by atoms with E-state index in [2.05, 4.69) is 15.2 Å². The smallest absolute Gasteiger partial charge is 0.265 e. The standard InChI is InChI=1S/C17H19N5O3/c1-10-13(14-15(25-10)18-9-21(2)16(14)23)17(24)22-7-3-4-11(8-22)12-5-6-19-20-12/h5-6,9,11H,3-4,7-8H2,1-2H3,(H,19,20)/t11-/m0/s1. The Kier molecular flexibility index (Phi) is 3.67. The summed E-state index contributed by atoms with van der Waals surface area (Å²) in [5, 5.41) is 7.25. The number of piperidine rings is 1. The lowest BCUT2D eigenvalue weighted by Crippen LogP contribution is -2.39. The molecule has 1 N–H and O–H groups in total. The van der Waals surface area contributed by atoms with Crippen molar-refractivity contribution in [2.45, 2.75) is 25.7 Å². The quantitative estimate of drug-likeness (QED) is 0.763. The molecule has 0 radical (unpaired) electrons. The summed E-state index contributed by atoms with van der Waals surface area (Å²) < 4.78 is 6.92. The van der Waals surface area contributed by atoms with Crippen molar-refractivity contribution in [3.05, 3.63) is 46.0 Å². The Morgan fingerprint density at radius 3 is 3.04 bits per heavy atom. The number of fused-ring (bicyclic) bond motifs is 1. The van der Waals surface area contributed by atoms with E-state index in [9.17, 15) is 9.59 Å². The summed E-state index contributed by atoms with van der Waals surface area (Å²) in [7, 11) is 1.61. The van der Waals surface area contributed by atoms with Crippen molar-refractivity contribution in [1.82, 2.24) is 24.6 Å². The van der Waals surface area contributed by atoms with Gasteiger partial charge in [-0.25, -0.2) is 4.98 Å². The third-order valence-corrected chi connectivity index (χ3v) is 4.83. The number of hydrogen-bond donors (Lipinski definition) is 1. The highest BCUT2D eigenvalue weighted by Crippen LogP contribution is 2.28. The number of aryl methyl sites for hydroxylation is 2. The van der Waals surface area contributed by atoms with Crippen LogP contribution in [0.5, 0.6) is 0 Å². The number of hydrogen-bond acceptors (Lipinski definition) is 5. The number of carbonyl (C=O) groups is 1. The summed E-state index contributed by atoms with van der Waals surface area (Å²) in [5.41, 5.74) is 1.30. The van der Waals surface area contributed by atoms with Gasteiger partial charge in [-0.15, -0.1) is 0 Å². The number of nitrogens with one attached hydrogen (secondary N) is 1. The number of aromatic amines is 1. The molecule has 25 heavy (non-hydrogen) atoms. The maximum atomic E-state index is 13.1. The summed E-state index contributed by atoms with van der Waals surface area (Å²) in [6, 6.07) is 1.94. The van der Waals surface area contributed by atoms with Gasteiger partial charge in [0.25, 0.3) is 11.5 Å². The normalized spacial score (nSPS) is 18.0. The molecule has 1 fully saturated rings. The first kappa shape index (κ1) is 15.6. The Bertz CT molecular complexity index is 986. The van der Waals surface area contributed by atoms with Crippen LogP contribution in [0.25, 0.3) is 11.1 Å². The zero-order valence-electron chi connectivity index (χ0n) is 14.2. The monoisotopic (exact) mass is 341 g/mol. The van der Waals surface area contributed by atoms with Crippen LogP contribution in [0.15, 0.2) is 27.8 Å². The molecule has 8 nitrogen and oxygen atoms in total. The second kappa shape index (κ2) is 5.87. The second-order valence-electron chi connectivity index (χ2n) is 6.48. The van der Waals surface area contributed by atoms with Crippen LogP contribution in [0.3, 0.4) is 0 Å². The minimum Gasteiger partial charge on any atom is -0.442 e. The summed E-state index contributed by atoms with van der Waals surface area (Å²) >= 11 is 0. The van der Waals surface area contributed by atoms with E-state index in [4.69, 9.17) is 4.42 Å². The van der Waals surface area contributed by atoms with E-state index >= 15 is 0 Å². The van der Waals surface area contributed by atoms with E-state index in [-0.39, 0.29) is 28.5 Å². The molecule has 0 unspecified atom stereocenters. The van der Waals surface area contributed by atoms with E-state index in [1.807, 2.05) is 6.07 Å². The minimum atomic E-state index is -0.271. The Morgan fingerprint density at radius 1 is 1.44 bits per heavy atom. The molecule has 0 aromatic carbocycles. The Labute approximate surface area is 143 Å². The molecule has 130 valence electrons. The largest absolute Gasteiger partial charge is 0.442 e. The van der Waals surface area contributed by atoms with Gasteiger partial charge in [-0.1, -0.05) is 0 Å². The maximum absolute atomic E-state index is 13.1. The molecule has 0 saturated carbocycles. The molecule has 4 heterocycles. The van der Waals surface area contributed by atoms with Crippen LogP contribution < -0.4 is 5.56 Å². The van der Waals surface area contributed by atoms with Crippen LogP contribution in [0.4, 0.5) is 0 Å². The van der Waals surface area contributed by atoms with Gasteiger partial charge in [0, 0.05) is 37.9 Å². The molecule has 1 amide bonds. The molecule has 4 rings (SSSR count). The van der Waals surface area contributed by atoms with Gasteiger partial charge in [0.1, 0.15) is 17.5 Å². The zero-order chi connectivity index (χ0) is 17.6. The molecular formula is C17H19N5O3. The van der Waals surface area contributed by atoms with E-state index in [1.165, 1.54) is 10.9 Å². The number of rotatable bonds is 2. The van der Waals surface area contributed by atoms with Gasteiger partial charge in [0.05, 0.1) is 5.56 Å². The number of furan rings is 1. The first-order valence-corrected chi connectivity index (χ1v) is 8.29. The third kappa shape index (κ3) is 2.54. The number of likely N-dealkylation sites (tertiary alicyclic amines) is 1. The summed E-state index contributed by atoms with van der Waals surface area (Å²) in [6.07, 6.45) is 5.02. The first-order valence-electron chi connectivity index (χ1n) is 8.29. The predicted molar refractivity (Wildman–Crippen MR) is 90.5 cm³/mol.